The molecule has 0 rings (SSSR count). The molecular weight excluding hydrogens is 116 g/mol. The van der Waals surface area contributed by atoms with Gasteiger partial charge in [0.1, 0.15) is 0 Å². The normalized spacial score (nSPS) is 9.88. The minimum atomic E-state index is -0.757. The van der Waals surface area contributed by atoms with Crippen molar-refractivity contribution in [3.05, 3.63) is 0 Å². The van der Waals surface area contributed by atoms with Crippen LogP contribution >= 0.6 is 0 Å². The van der Waals surface area contributed by atoms with Crippen molar-refractivity contribution in [1.82, 2.24) is 0 Å². The summed E-state index contributed by atoms with van der Waals surface area (Å²) < 4.78 is 0. The maximum atomic E-state index is 10.0. The average Bonchev–Trinajstić information content (AvgIpc) is 1.31. The molecule has 0 saturated carbocycles. The molecule has 0 unspecified atom stereocenters. The number of carboxylic acids is 1. The van der Waals surface area contributed by atoms with Crippen molar-refractivity contribution >= 4 is 29.0 Å². The van der Waals surface area contributed by atoms with E-state index in [1.54, 1.807) is 20.8 Å². The van der Waals surface area contributed by atoms with Crippen molar-refractivity contribution in [3.8, 4) is 0 Å². The summed E-state index contributed by atoms with van der Waals surface area (Å²) in [6.07, 6.45) is 0. The zero-order valence-electron chi connectivity index (χ0n) is 7.56. The average molecular weight is 128 g/mol. The number of hydrogen-bond donors (Lipinski definition) is 1. The minimum Gasteiger partial charge on any atom is -1.00 e. The van der Waals surface area contributed by atoms with Crippen LogP contribution in [0.3, 0.4) is 0 Å². The van der Waals surface area contributed by atoms with Gasteiger partial charge >= 0.3 is 29.0 Å². The van der Waals surface area contributed by atoms with Crippen LogP contribution < -0.4 is 0 Å². The summed E-state index contributed by atoms with van der Waals surface area (Å²) in [4.78, 5) is 10.0. The molecule has 0 spiro atoms. The largest absolute Gasteiger partial charge is 2.00 e. The molecule has 0 aliphatic carbocycles. The van der Waals surface area contributed by atoms with Crippen LogP contribution in [0.15, 0.2) is 0 Å². The van der Waals surface area contributed by atoms with Crippen LogP contribution in [0, 0.1) is 5.41 Å². The first-order valence-corrected chi connectivity index (χ1v) is 2.18. The molecule has 0 radical (unpaired) electrons. The molecule has 1 N–H and O–H groups in total. The van der Waals surface area contributed by atoms with E-state index >= 15 is 0 Å². The Balaban J connectivity index is -0.0000000600. The van der Waals surface area contributed by atoms with E-state index in [-0.39, 0.29) is 25.9 Å². The summed E-state index contributed by atoms with van der Waals surface area (Å²) in [6, 6.07) is 0. The Kier molecular flexibility index (Phi) is 4.57. The molecule has 3 heteroatoms. The monoisotopic (exact) mass is 128 g/mol. The van der Waals surface area contributed by atoms with Crippen molar-refractivity contribution in [3.63, 3.8) is 0 Å². The molecule has 0 saturated heterocycles. The third-order valence-corrected chi connectivity index (χ3v) is 0.642. The van der Waals surface area contributed by atoms with Gasteiger partial charge in [-0.05, 0) is 20.8 Å². The minimum absolute atomic E-state index is 0. The predicted molar refractivity (Wildman–Crippen MR) is 35.1 cm³/mol. The van der Waals surface area contributed by atoms with Crippen molar-refractivity contribution < 1.29 is 12.8 Å². The van der Waals surface area contributed by atoms with E-state index in [1.165, 1.54) is 0 Å². The molecular formula is C5H12MgO2. The van der Waals surface area contributed by atoms with Gasteiger partial charge in [0, 0.05) is 0 Å². The quantitative estimate of drug-likeness (QED) is 0.494. The summed E-state index contributed by atoms with van der Waals surface area (Å²) >= 11 is 0. The molecule has 8 heavy (non-hydrogen) atoms. The van der Waals surface area contributed by atoms with Gasteiger partial charge in [-0.2, -0.15) is 0 Å². The Morgan fingerprint density at radius 2 is 1.62 bits per heavy atom. The van der Waals surface area contributed by atoms with Gasteiger partial charge in [-0.15, -0.1) is 0 Å². The van der Waals surface area contributed by atoms with E-state index in [0.717, 1.165) is 0 Å². The number of hydrogen-bond acceptors (Lipinski definition) is 1. The molecule has 0 aliphatic rings. The molecule has 0 amide bonds. The molecule has 2 nitrogen and oxygen atoms in total. The van der Waals surface area contributed by atoms with Gasteiger partial charge in [-0.3, -0.25) is 4.79 Å². The number of carboxylic acid groups (broad SMARTS) is 1. The molecule has 0 aromatic heterocycles. The predicted octanol–water partition coefficient (Wildman–Crippen LogP) is 0.961. The van der Waals surface area contributed by atoms with Crippen LogP contribution in [0.2, 0.25) is 0 Å². The Morgan fingerprint density at radius 3 is 1.62 bits per heavy atom. The van der Waals surface area contributed by atoms with Crippen LogP contribution in [0.25, 0.3) is 0 Å². The fraction of sp³-hybridized carbons (Fsp3) is 0.800. The third kappa shape index (κ3) is 4.40. The molecule has 0 aliphatic heterocycles. The maximum Gasteiger partial charge on any atom is 2.00 e. The van der Waals surface area contributed by atoms with Crippen LogP contribution in [0.5, 0.6) is 0 Å². The van der Waals surface area contributed by atoms with Crippen molar-refractivity contribution in [2.45, 2.75) is 20.8 Å². The molecule has 46 valence electrons. The second-order valence-corrected chi connectivity index (χ2v) is 2.56. The van der Waals surface area contributed by atoms with E-state index in [0.29, 0.717) is 0 Å². The number of rotatable bonds is 0. The zero-order chi connectivity index (χ0) is 6.08. The van der Waals surface area contributed by atoms with Crippen LogP contribution in [0.1, 0.15) is 23.6 Å². The van der Waals surface area contributed by atoms with Gasteiger partial charge in [-0.25, -0.2) is 0 Å². The first-order chi connectivity index (χ1) is 2.94. The number of aliphatic carboxylic acids is 1. The summed E-state index contributed by atoms with van der Waals surface area (Å²) in [5, 5.41) is 8.25. The number of carbonyl (C=O) groups is 1. The summed E-state index contributed by atoms with van der Waals surface area (Å²) in [5.74, 6) is -0.757. The molecule has 0 bridgehead atoms. The van der Waals surface area contributed by atoms with Gasteiger partial charge in [0.2, 0.25) is 0 Å². The Labute approximate surface area is 68.4 Å². The second kappa shape index (κ2) is 3.30. The molecule has 0 fully saturated rings. The summed E-state index contributed by atoms with van der Waals surface area (Å²) in [7, 11) is 0. The molecule has 0 aromatic carbocycles. The van der Waals surface area contributed by atoms with Gasteiger partial charge in [-0.1, -0.05) is 0 Å². The Hall–Kier alpha value is 0.236. The third-order valence-electron chi connectivity index (χ3n) is 0.642. The van der Waals surface area contributed by atoms with E-state index < -0.39 is 11.4 Å². The fourth-order valence-corrected chi connectivity index (χ4v) is 0. The smallest absolute Gasteiger partial charge is 1.00 e. The first kappa shape index (κ1) is 11.1. The standard InChI is InChI=1S/C5H10O2.Mg.2H/c1-5(2,3)4(6)7;;;/h1-3H3,(H,6,7);;;/q;+2;2*-1. The van der Waals surface area contributed by atoms with E-state index in [1.807, 2.05) is 0 Å². The SMILES string of the molecule is CC(C)(C)C(=O)O.[H-].[H-].[Mg+2]. The van der Waals surface area contributed by atoms with Crippen molar-refractivity contribution in [2.75, 3.05) is 0 Å². The first-order valence-electron chi connectivity index (χ1n) is 2.18. The molecule has 0 heterocycles. The Bertz CT molecular complexity index is 90.1. The van der Waals surface area contributed by atoms with E-state index in [9.17, 15) is 4.79 Å². The van der Waals surface area contributed by atoms with Crippen molar-refractivity contribution in [1.29, 1.82) is 0 Å². The van der Waals surface area contributed by atoms with Crippen LogP contribution in [0.4, 0.5) is 0 Å². The van der Waals surface area contributed by atoms with Gasteiger partial charge in [0.25, 0.3) is 0 Å². The topological polar surface area (TPSA) is 37.3 Å². The van der Waals surface area contributed by atoms with E-state index in [4.69, 9.17) is 5.11 Å². The maximum absolute atomic E-state index is 10.0. The van der Waals surface area contributed by atoms with Gasteiger partial charge < -0.3 is 7.96 Å². The molecule has 0 atom stereocenters. The van der Waals surface area contributed by atoms with Gasteiger partial charge in [0.15, 0.2) is 0 Å². The summed E-state index contributed by atoms with van der Waals surface area (Å²) in [6.45, 7) is 4.99. The second-order valence-electron chi connectivity index (χ2n) is 2.56. The molecule has 0 aromatic rings. The van der Waals surface area contributed by atoms with Gasteiger partial charge in [0.05, 0.1) is 5.41 Å². The van der Waals surface area contributed by atoms with Crippen molar-refractivity contribution in [2.24, 2.45) is 5.41 Å². The Morgan fingerprint density at radius 1 is 1.50 bits per heavy atom. The van der Waals surface area contributed by atoms with E-state index in [2.05, 4.69) is 0 Å². The summed E-state index contributed by atoms with van der Waals surface area (Å²) in [5.41, 5.74) is -0.583. The fourth-order valence-electron chi connectivity index (χ4n) is 0. The van der Waals surface area contributed by atoms with Crippen LogP contribution in [-0.2, 0) is 4.79 Å². The zero-order valence-corrected chi connectivity index (χ0v) is 6.98. The van der Waals surface area contributed by atoms with Crippen LogP contribution in [-0.4, -0.2) is 34.1 Å².